The van der Waals surface area contributed by atoms with Crippen LogP contribution in [0.1, 0.15) is 26.3 Å². The summed E-state index contributed by atoms with van der Waals surface area (Å²) in [6.45, 7) is 1.84. The Morgan fingerprint density at radius 3 is 2.03 bits per heavy atom. The van der Waals surface area contributed by atoms with E-state index in [-0.39, 0.29) is 11.8 Å². The van der Waals surface area contributed by atoms with Gasteiger partial charge in [0.25, 0.3) is 11.8 Å². The lowest BCUT2D eigenvalue weighted by molar-refractivity contribution is 0.101. The molecule has 3 aromatic rings. The Morgan fingerprint density at radius 2 is 1.34 bits per heavy atom. The van der Waals surface area contributed by atoms with Gasteiger partial charge in [-0.25, -0.2) is 0 Å². The van der Waals surface area contributed by atoms with Crippen molar-refractivity contribution in [3.63, 3.8) is 0 Å². The number of methoxy groups -OCH3 is 2. The highest BCUT2D eigenvalue weighted by Crippen LogP contribution is 2.30. The molecule has 0 aliphatic rings. The normalized spacial score (nSPS) is 10.2. The van der Waals surface area contributed by atoms with Gasteiger partial charge < -0.3 is 20.1 Å². The van der Waals surface area contributed by atoms with Crippen LogP contribution < -0.4 is 20.1 Å². The summed E-state index contributed by atoms with van der Waals surface area (Å²) in [5.41, 5.74) is 2.92. The smallest absolute Gasteiger partial charge is 0.256 e. The van der Waals surface area contributed by atoms with Gasteiger partial charge in [0.15, 0.2) is 11.5 Å². The summed E-state index contributed by atoms with van der Waals surface area (Å²) in [4.78, 5) is 25.2. The predicted molar refractivity (Wildman–Crippen MR) is 113 cm³/mol. The molecule has 3 aromatic carbocycles. The minimum absolute atomic E-state index is 0.235. The largest absolute Gasteiger partial charge is 0.493 e. The van der Waals surface area contributed by atoms with E-state index in [9.17, 15) is 9.59 Å². The van der Waals surface area contributed by atoms with Crippen molar-refractivity contribution in [3.05, 3.63) is 83.4 Å². The average Bonchev–Trinajstić information content (AvgIpc) is 2.75. The van der Waals surface area contributed by atoms with Crippen LogP contribution in [0, 0.1) is 6.92 Å². The number of benzene rings is 3. The zero-order valence-corrected chi connectivity index (χ0v) is 16.5. The first-order chi connectivity index (χ1) is 14.0. The molecule has 6 nitrogen and oxygen atoms in total. The van der Waals surface area contributed by atoms with E-state index in [0.29, 0.717) is 34.0 Å². The Bertz CT molecular complexity index is 1030. The van der Waals surface area contributed by atoms with Crippen LogP contribution in [0.4, 0.5) is 11.4 Å². The van der Waals surface area contributed by atoms with E-state index >= 15 is 0 Å². The zero-order chi connectivity index (χ0) is 20.8. The molecular weight excluding hydrogens is 368 g/mol. The Hall–Kier alpha value is -3.80. The molecule has 0 radical (unpaired) electrons. The zero-order valence-electron chi connectivity index (χ0n) is 16.5. The molecular formula is C23H22N2O4. The lowest BCUT2D eigenvalue weighted by Crippen LogP contribution is -2.16. The summed E-state index contributed by atoms with van der Waals surface area (Å²) in [7, 11) is 3.08. The molecule has 0 saturated carbocycles. The fraction of sp³-hybridized carbons (Fsp3) is 0.130. The minimum Gasteiger partial charge on any atom is -0.493 e. The number of anilines is 2. The first-order valence-corrected chi connectivity index (χ1v) is 9.02. The molecule has 0 atom stereocenters. The van der Waals surface area contributed by atoms with Crippen molar-refractivity contribution in [3.8, 4) is 11.5 Å². The van der Waals surface area contributed by atoms with E-state index in [4.69, 9.17) is 9.47 Å². The lowest BCUT2D eigenvalue weighted by Gasteiger charge is -2.13. The third-order valence-electron chi connectivity index (χ3n) is 4.42. The molecule has 0 spiro atoms. The van der Waals surface area contributed by atoms with Gasteiger partial charge in [-0.1, -0.05) is 24.3 Å². The van der Waals surface area contributed by atoms with Gasteiger partial charge in [0, 0.05) is 28.6 Å². The van der Waals surface area contributed by atoms with Crippen LogP contribution in [-0.2, 0) is 0 Å². The summed E-state index contributed by atoms with van der Waals surface area (Å²) in [6.07, 6.45) is 0. The summed E-state index contributed by atoms with van der Waals surface area (Å²) in [5, 5.41) is 5.67. The van der Waals surface area contributed by atoms with Crippen molar-refractivity contribution < 1.29 is 19.1 Å². The minimum atomic E-state index is -0.287. The molecule has 0 aliphatic heterocycles. The Morgan fingerprint density at radius 1 is 0.724 bits per heavy atom. The maximum atomic E-state index is 12.8. The van der Waals surface area contributed by atoms with Crippen LogP contribution in [-0.4, -0.2) is 26.0 Å². The van der Waals surface area contributed by atoms with E-state index in [1.807, 2.05) is 13.0 Å². The number of carbonyl (C=O) groups excluding carboxylic acids is 2. The van der Waals surface area contributed by atoms with Gasteiger partial charge in [0.2, 0.25) is 0 Å². The molecule has 0 aliphatic carbocycles. The van der Waals surface area contributed by atoms with Gasteiger partial charge in [-0.05, 0) is 48.9 Å². The second-order valence-electron chi connectivity index (χ2n) is 6.37. The quantitative estimate of drug-likeness (QED) is 0.649. The highest BCUT2D eigenvalue weighted by Gasteiger charge is 2.13. The van der Waals surface area contributed by atoms with E-state index in [0.717, 1.165) is 5.56 Å². The average molecular weight is 390 g/mol. The van der Waals surface area contributed by atoms with E-state index in [1.165, 1.54) is 7.11 Å². The number of nitrogens with one attached hydrogen (secondary N) is 2. The Labute approximate surface area is 169 Å². The van der Waals surface area contributed by atoms with Crippen LogP contribution >= 0.6 is 0 Å². The summed E-state index contributed by atoms with van der Waals surface area (Å²) in [6, 6.07) is 19.3. The topological polar surface area (TPSA) is 76.7 Å². The molecule has 0 heterocycles. The van der Waals surface area contributed by atoms with Crippen LogP contribution in [0.3, 0.4) is 0 Å². The van der Waals surface area contributed by atoms with E-state index < -0.39 is 0 Å². The van der Waals surface area contributed by atoms with Crippen LogP contribution in [0.5, 0.6) is 11.5 Å². The number of rotatable bonds is 6. The number of aryl methyl sites for hydroxylation is 1. The monoisotopic (exact) mass is 390 g/mol. The van der Waals surface area contributed by atoms with E-state index in [1.54, 1.807) is 67.8 Å². The summed E-state index contributed by atoms with van der Waals surface area (Å²) < 4.78 is 10.5. The van der Waals surface area contributed by atoms with Gasteiger partial charge >= 0.3 is 0 Å². The second kappa shape index (κ2) is 8.93. The molecule has 29 heavy (non-hydrogen) atoms. The number of carbonyl (C=O) groups is 2. The van der Waals surface area contributed by atoms with Crippen molar-refractivity contribution in [1.82, 2.24) is 0 Å². The first-order valence-electron chi connectivity index (χ1n) is 9.02. The van der Waals surface area contributed by atoms with Crippen LogP contribution in [0.2, 0.25) is 0 Å². The number of amides is 2. The van der Waals surface area contributed by atoms with Crippen molar-refractivity contribution in [2.24, 2.45) is 0 Å². The summed E-state index contributed by atoms with van der Waals surface area (Å²) in [5.74, 6) is 0.574. The molecule has 148 valence electrons. The maximum absolute atomic E-state index is 12.8. The molecule has 0 bridgehead atoms. The van der Waals surface area contributed by atoms with Gasteiger partial charge in [0.05, 0.1) is 14.2 Å². The van der Waals surface area contributed by atoms with Crippen LogP contribution in [0.15, 0.2) is 66.7 Å². The Kier molecular flexibility index (Phi) is 6.14. The van der Waals surface area contributed by atoms with Crippen molar-refractivity contribution in [2.75, 3.05) is 24.9 Å². The van der Waals surface area contributed by atoms with E-state index in [2.05, 4.69) is 10.6 Å². The highest BCUT2D eigenvalue weighted by atomic mass is 16.5. The molecule has 2 amide bonds. The summed E-state index contributed by atoms with van der Waals surface area (Å²) >= 11 is 0. The first kappa shape index (κ1) is 19.9. The second-order valence-corrected chi connectivity index (χ2v) is 6.37. The standard InChI is InChI=1S/C23H22N2O4/c1-15-9-10-17(24-22(26)16-7-5-4-6-8-16)13-19(15)23(27)25-18-11-12-20(28-2)21(14-18)29-3/h4-14H,1-3H3,(H,24,26)(H,25,27). The molecule has 6 heteroatoms. The molecule has 0 fully saturated rings. The van der Waals surface area contributed by atoms with Crippen molar-refractivity contribution in [1.29, 1.82) is 0 Å². The molecule has 0 saturated heterocycles. The fourth-order valence-electron chi connectivity index (χ4n) is 2.85. The number of hydrogen-bond donors (Lipinski definition) is 2. The molecule has 3 rings (SSSR count). The lowest BCUT2D eigenvalue weighted by atomic mass is 10.1. The molecule has 0 aromatic heterocycles. The van der Waals surface area contributed by atoms with Crippen molar-refractivity contribution in [2.45, 2.75) is 6.92 Å². The third kappa shape index (κ3) is 4.73. The fourth-order valence-corrected chi connectivity index (χ4v) is 2.85. The van der Waals surface area contributed by atoms with Crippen molar-refractivity contribution >= 4 is 23.2 Å². The van der Waals surface area contributed by atoms with Gasteiger partial charge in [0.1, 0.15) is 0 Å². The predicted octanol–water partition coefficient (Wildman–Crippen LogP) is 4.52. The number of hydrogen-bond acceptors (Lipinski definition) is 4. The molecule has 2 N–H and O–H groups in total. The third-order valence-corrected chi connectivity index (χ3v) is 4.42. The van der Waals surface area contributed by atoms with Crippen LogP contribution in [0.25, 0.3) is 0 Å². The highest BCUT2D eigenvalue weighted by molar-refractivity contribution is 6.08. The maximum Gasteiger partial charge on any atom is 0.256 e. The van der Waals surface area contributed by atoms with Gasteiger partial charge in [-0.15, -0.1) is 0 Å². The van der Waals surface area contributed by atoms with Gasteiger partial charge in [-0.3, -0.25) is 9.59 Å². The van der Waals surface area contributed by atoms with Gasteiger partial charge in [-0.2, -0.15) is 0 Å². The Balaban J connectivity index is 1.79. The SMILES string of the molecule is COc1ccc(NC(=O)c2cc(NC(=O)c3ccccc3)ccc2C)cc1OC. The molecule has 0 unspecified atom stereocenters. The number of ether oxygens (including phenoxy) is 2.